The SMILES string of the molecule is CCOC1CC(N[C@@H](C)C2CCCC2)C1(C)C. The van der Waals surface area contributed by atoms with E-state index in [0.29, 0.717) is 23.6 Å². The molecule has 0 aromatic rings. The summed E-state index contributed by atoms with van der Waals surface area (Å²) in [7, 11) is 0. The predicted molar refractivity (Wildman–Crippen MR) is 72.2 cm³/mol. The summed E-state index contributed by atoms with van der Waals surface area (Å²) in [5.74, 6) is 0.914. The van der Waals surface area contributed by atoms with Gasteiger partial charge < -0.3 is 10.1 Å². The Balaban J connectivity index is 1.80. The van der Waals surface area contributed by atoms with Crippen LogP contribution in [0.5, 0.6) is 0 Å². The second kappa shape index (κ2) is 5.27. The maximum Gasteiger partial charge on any atom is 0.0655 e. The van der Waals surface area contributed by atoms with Crippen molar-refractivity contribution < 1.29 is 4.74 Å². The minimum absolute atomic E-state index is 0.308. The molecule has 0 radical (unpaired) electrons. The molecule has 2 saturated carbocycles. The van der Waals surface area contributed by atoms with E-state index in [1.165, 1.54) is 32.1 Å². The predicted octanol–water partition coefficient (Wildman–Crippen LogP) is 3.36. The molecule has 3 atom stereocenters. The topological polar surface area (TPSA) is 21.3 Å². The molecule has 2 aliphatic carbocycles. The summed E-state index contributed by atoms with van der Waals surface area (Å²) in [6, 6.07) is 1.33. The van der Waals surface area contributed by atoms with Crippen molar-refractivity contribution in [2.24, 2.45) is 11.3 Å². The third kappa shape index (κ3) is 2.68. The average molecular weight is 239 g/mol. The van der Waals surface area contributed by atoms with Gasteiger partial charge in [0.1, 0.15) is 0 Å². The van der Waals surface area contributed by atoms with Crippen molar-refractivity contribution in [3.63, 3.8) is 0 Å². The maximum atomic E-state index is 5.79. The fraction of sp³-hybridized carbons (Fsp3) is 1.00. The summed E-state index contributed by atoms with van der Waals surface area (Å²) < 4.78 is 5.79. The Labute approximate surface area is 107 Å². The van der Waals surface area contributed by atoms with Gasteiger partial charge in [0.05, 0.1) is 6.10 Å². The van der Waals surface area contributed by atoms with Crippen molar-refractivity contribution in [1.29, 1.82) is 0 Å². The van der Waals surface area contributed by atoms with Gasteiger partial charge in [0.25, 0.3) is 0 Å². The van der Waals surface area contributed by atoms with Crippen LogP contribution < -0.4 is 5.32 Å². The largest absolute Gasteiger partial charge is 0.378 e. The van der Waals surface area contributed by atoms with Crippen molar-refractivity contribution in [2.75, 3.05) is 6.61 Å². The lowest BCUT2D eigenvalue weighted by atomic mass is 9.64. The van der Waals surface area contributed by atoms with Crippen LogP contribution in [-0.2, 0) is 4.74 Å². The molecule has 0 saturated heterocycles. The molecule has 2 rings (SSSR count). The summed E-state index contributed by atoms with van der Waals surface area (Å²) in [6.07, 6.45) is 7.38. The first kappa shape index (κ1) is 13.4. The molecule has 0 bridgehead atoms. The van der Waals surface area contributed by atoms with E-state index in [0.717, 1.165) is 12.5 Å². The van der Waals surface area contributed by atoms with E-state index in [2.05, 4.69) is 33.0 Å². The van der Waals surface area contributed by atoms with Crippen LogP contribution in [0, 0.1) is 11.3 Å². The fourth-order valence-corrected chi connectivity index (χ4v) is 3.56. The quantitative estimate of drug-likeness (QED) is 0.794. The van der Waals surface area contributed by atoms with Crippen molar-refractivity contribution in [3.8, 4) is 0 Å². The Morgan fingerprint density at radius 3 is 2.47 bits per heavy atom. The van der Waals surface area contributed by atoms with Gasteiger partial charge in [-0.15, -0.1) is 0 Å². The number of hydrogen-bond acceptors (Lipinski definition) is 2. The molecule has 0 heterocycles. The Bertz CT molecular complexity index is 245. The Hall–Kier alpha value is -0.0800. The van der Waals surface area contributed by atoms with E-state index >= 15 is 0 Å². The van der Waals surface area contributed by atoms with Crippen LogP contribution in [0.1, 0.15) is 59.8 Å². The summed E-state index contributed by atoms with van der Waals surface area (Å²) in [4.78, 5) is 0. The van der Waals surface area contributed by atoms with Crippen LogP contribution in [0.15, 0.2) is 0 Å². The van der Waals surface area contributed by atoms with Gasteiger partial charge in [-0.25, -0.2) is 0 Å². The molecule has 2 fully saturated rings. The first-order valence-corrected chi connectivity index (χ1v) is 7.43. The van der Waals surface area contributed by atoms with Crippen LogP contribution in [0.4, 0.5) is 0 Å². The van der Waals surface area contributed by atoms with E-state index in [1.807, 2.05) is 0 Å². The maximum absolute atomic E-state index is 5.79. The zero-order valence-electron chi connectivity index (χ0n) is 12.0. The molecule has 0 aromatic carbocycles. The van der Waals surface area contributed by atoms with Gasteiger partial charge in [0.2, 0.25) is 0 Å². The van der Waals surface area contributed by atoms with Gasteiger partial charge in [0.15, 0.2) is 0 Å². The molecular formula is C15H29NO. The third-order valence-corrected chi connectivity index (χ3v) is 5.12. The molecule has 0 aromatic heterocycles. The third-order valence-electron chi connectivity index (χ3n) is 5.12. The molecule has 2 nitrogen and oxygen atoms in total. The molecule has 0 amide bonds. The second-order valence-corrected chi connectivity index (χ2v) is 6.55. The summed E-state index contributed by atoms with van der Waals surface area (Å²) in [6.45, 7) is 10.0. The van der Waals surface area contributed by atoms with Crippen molar-refractivity contribution in [1.82, 2.24) is 5.32 Å². The van der Waals surface area contributed by atoms with Crippen LogP contribution >= 0.6 is 0 Å². The van der Waals surface area contributed by atoms with E-state index < -0.39 is 0 Å². The second-order valence-electron chi connectivity index (χ2n) is 6.55. The van der Waals surface area contributed by atoms with Gasteiger partial charge in [0, 0.05) is 24.1 Å². The number of ether oxygens (including phenoxy) is 1. The molecule has 0 aliphatic heterocycles. The lowest BCUT2D eigenvalue weighted by Crippen LogP contribution is -2.63. The highest BCUT2D eigenvalue weighted by molar-refractivity contribution is 5.03. The number of hydrogen-bond donors (Lipinski definition) is 1. The molecule has 2 unspecified atom stereocenters. The fourth-order valence-electron chi connectivity index (χ4n) is 3.56. The van der Waals surface area contributed by atoms with Crippen LogP contribution in [0.2, 0.25) is 0 Å². The molecule has 2 aliphatic rings. The average Bonchev–Trinajstić information content (AvgIpc) is 2.81. The highest BCUT2D eigenvalue weighted by atomic mass is 16.5. The van der Waals surface area contributed by atoms with Gasteiger partial charge in [-0.05, 0) is 39.0 Å². The smallest absolute Gasteiger partial charge is 0.0655 e. The van der Waals surface area contributed by atoms with Crippen molar-refractivity contribution >= 4 is 0 Å². The minimum atomic E-state index is 0.308. The molecule has 0 spiro atoms. The van der Waals surface area contributed by atoms with Crippen LogP contribution in [0.3, 0.4) is 0 Å². The summed E-state index contributed by atoms with van der Waals surface area (Å²) >= 11 is 0. The first-order chi connectivity index (χ1) is 8.05. The molecule has 17 heavy (non-hydrogen) atoms. The van der Waals surface area contributed by atoms with E-state index in [9.17, 15) is 0 Å². The van der Waals surface area contributed by atoms with Crippen LogP contribution in [0.25, 0.3) is 0 Å². The highest BCUT2D eigenvalue weighted by Gasteiger charge is 2.49. The monoisotopic (exact) mass is 239 g/mol. The summed E-state index contributed by atoms with van der Waals surface area (Å²) in [5, 5.41) is 3.86. The van der Waals surface area contributed by atoms with Gasteiger partial charge in [-0.3, -0.25) is 0 Å². The molecular weight excluding hydrogens is 210 g/mol. The Morgan fingerprint density at radius 1 is 1.29 bits per heavy atom. The minimum Gasteiger partial charge on any atom is -0.378 e. The zero-order valence-corrected chi connectivity index (χ0v) is 12.0. The van der Waals surface area contributed by atoms with E-state index in [-0.39, 0.29) is 0 Å². The normalized spacial score (nSPS) is 34.6. The van der Waals surface area contributed by atoms with Gasteiger partial charge in [-0.1, -0.05) is 26.7 Å². The number of nitrogens with one attached hydrogen (secondary N) is 1. The van der Waals surface area contributed by atoms with Crippen molar-refractivity contribution in [3.05, 3.63) is 0 Å². The van der Waals surface area contributed by atoms with E-state index in [1.54, 1.807) is 0 Å². The lowest BCUT2D eigenvalue weighted by molar-refractivity contribution is -0.117. The molecule has 1 N–H and O–H groups in total. The number of rotatable bonds is 5. The first-order valence-electron chi connectivity index (χ1n) is 7.43. The van der Waals surface area contributed by atoms with Crippen LogP contribution in [-0.4, -0.2) is 24.8 Å². The molecule has 2 heteroatoms. The Kier molecular flexibility index (Phi) is 4.14. The van der Waals surface area contributed by atoms with E-state index in [4.69, 9.17) is 4.74 Å². The zero-order chi connectivity index (χ0) is 12.5. The standard InChI is InChI=1S/C15H29NO/c1-5-17-14-10-13(15(14,3)4)16-11(2)12-8-6-7-9-12/h11-14,16H,5-10H2,1-4H3/t11-,13?,14?/m0/s1. The Morgan fingerprint density at radius 2 is 1.94 bits per heavy atom. The molecule has 100 valence electrons. The van der Waals surface area contributed by atoms with Gasteiger partial charge >= 0.3 is 0 Å². The summed E-state index contributed by atoms with van der Waals surface area (Å²) in [5.41, 5.74) is 0.308. The highest BCUT2D eigenvalue weighted by Crippen LogP contribution is 2.43. The lowest BCUT2D eigenvalue weighted by Gasteiger charge is -2.53. The van der Waals surface area contributed by atoms with Gasteiger partial charge in [-0.2, -0.15) is 0 Å². The van der Waals surface area contributed by atoms with Crippen molar-refractivity contribution in [2.45, 2.75) is 78.0 Å².